The fraction of sp³-hybridized carbons (Fsp3) is 0.143. The first-order valence-corrected chi connectivity index (χ1v) is 10.7. The monoisotopic (exact) mass is 461 g/mol. The third-order valence-corrected chi connectivity index (χ3v) is 6.53. The molecule has 0 spiro atoms. The lowest BCUT2D eigenvalue weighted by atomic mass is 10.2. The van der Waals surface area contributed by atoms with Crippen molar-refractivity contribution in [2.45, 2.75) is 11.4 Å². The molecule has 0 saturated heterocycles. The van der Waals surface area contributed by atoms with Crippen LogP contribution in [0.1, 0.15) is 5.56 Å². The number of hydrogen-bond acceptors (Lipinski definition) is 4. The fourth-order valence-corrected chi connectivity index (χ4v) is 4.51. The zero-order chi connectivity index (χ0) is 20.1. The van der Waals surface area contributed by atoms with Crippen LogP contribution in [0.2, 0.25) is 0 Å². The number of rotatable bonds is 7. The van der Waals surface area contributed by atoms with E-state index in [1.54, 1.807) is 48.5 Å². The SMILES string of the molecule is COc1ccc(OC)c(N(Cc2ccc(Br)cc2)S(=O)(=O)c2ccccc2)c1. The Kier molecular flexibility index (Phi) is 6.26. The summed E-state index contributed by atoms with van der Waals surface area (Å²) >= 11 is 3.41. The van der Waals surface area contributed by atoms with E-state index in [1.807, 2.05) is 24.3 Å². The van der Waals surface area contributed by atoms with Crippen LogP contribution in [0.25, 0.3) is 0 Å². The summed E-state index contributed by atoms with van der Waals surface area (Å²) in [6.07, 6.45) is 0. The molecule has 0 aliphatic carbocycles. The number of halogens is 1. The molecule has 3 rings (SSSR count). The Morgan fingerprint density at radius 2 is 1.57 bits per heavy atom. The Morgan fingerprint density at radius 3 is 2.18 bits per heavy atom. The first-order valence-electron chi connectivity index (χ1n) is 8.50. The summed E-state index contributed by atoms with van der Waals surface area (Å²) in [6.45, 7) is 0.147. The molecule has 0 aliphatic heterocycles. The predicted octanol–water partition coefficient (Wildman–Crippen LogP) is 4.86. The maximum absolute atomic E-state index is 13.5. The van der Waals surface area contributed by atoms with Gasteiger partial charge in [-0.2, -0.15) is 0 Å². The van der Waals surface area contributed by atoms with Crippen molar-refractivity contribution in [1.29, 1.82) is 0 Å². The molecule has 0 radical (unpaired) electrons. The summed E-state index contributed by atoms with van der Waals surface area (Å²) in [7, 11) is -0.784. The molecule has 3 aromatic carbocycles. The van der Waals surface area contributed by atoms with E-state index in [9.17, 15) is 8.42 Å². The molecule has 0 saturated carbocycles. The van der Waals surface area contributed by atoms with E-state index in [1.165, 1.54) is 18.5 Å². The van der Waals surface area contributed by atoms with Crippen LogP contribution < -0.4 is 13.8 Å². The van der Waals surface area contributed by atoms with Gasteiger partial charge in [0.2, 0.25) is 0 Å². The van der Waals surface area contributed by atoms with E-state index in [2.05, 4.69) is 15.9 Å². The van der Waals surface area contributed by atoms with Gasteiger partial charge in [0, 0.05) is 10.5 Å². The molecule has 7 heteroatoms. The molecule has 146 valence electrons. The molecule has 0 N–H and O–H groups in total. The average molecular weight is 462 g/mol. The van der Waals surface area contributed by atoms with Crippen molar-refractivity contribution < 1.29 is 17.9 Å². The van der Waals surface area contributed by atoms with Crippen LogP contribution in [-0.4, -0.2) is 22.6 Å². The van der Waals surface area contributed by atoms with Gasteiger partial charge in [-0.15, -0.1) is 0 Å². The van der Waals surface area contributed by atoms with Crippen LogP contribution in [0, 0.1) is 0 Å². The minimum absolute atomic E-state index is 0.147. The van der Waals surface area contributed by atoms with Gasteiger partial charge in [-0.25, -0.2) is 8.42 Å². The smallest absolute Gasteiger partial charge is 0.264 e. The molecular weight excluding hydrogens is 442 g/mol. The van der Waals surface area contributed by atoms with Gasteiger partial charge in [-0.05, 0) is 42.0 Å². The number of hydrogen-bond donors (Lipinski definition) is 0. The van der Waals surface area contributed by atoms with Crippen LogP contribution in [0.4, 0.5) is 5.69 Å². The molecule has 0 aromatic heterocycles. The largest absolute Gasteiger partial charge is 0.497 e. The van der Waals surface area contributed by atoms with Crippen molar-refractivity contribution >= 4 is 31.6 Å². The highest BCUT2D eigenvalue weighted by molar-refractivity contribution is 9.10. The van der Waals surface area contributed by atoms with Gasteiger partial charge in [0.05, 0.1) is 31.3 Å². The van der Waals surface area contributed by atoms with Gasteiger partial charge in [-0.3, -0.25) is 4.31 Å². The summed E-state index contributed by atoms with van der Waals surface area (Å²) < 4.78 is 40.0. The number of anilines is 1. The summed E-state index contributed by atoms with van der Waals surface area (Å²) in [5, 5.41) is 0. The molecule has 0 unspecified atom stereocenters. The van der Waals surface area contributed by atoms with Crippen LogP contribution >= 0.6 is 15.9 Å². The first kappa shape index (κ1) is 20.2. The lowest BCUT2D eigenvalue weighted by molar-refractivity contribution is 0.403. The number of benzene rings is 3. The van der Waals surface area contributed by atoms with Crippen molar-refractivity contribution in [1.82, 2.24) is 0 Å². The van der Waals surface area contributed by atoms with Gasteiger partial charge in [0.15, 0.2) is 0 Å². The van der Waals surface area contributed by atoms with E-state index in [0.29, 0.717) is 17.2 Å². The Balaban J connectivity index is 2.16. The second-order valence-electron chi connectivity index (χ2n) is 5.99. The van der Waals surface area contributed by atoms with Crippen molar-refractivity contribution in [2.24, 2.45) is 0 Å². The van der Waals surface area contributed by atoms with E-state index < -0.39 is 10.0 Å². The second kappa shape index (κ2) is 8.67. The number of sulfonamides is 1. The first-order chi connectivity index (χ1) is 13.5. The van der Waals surface area contributed by atoms with Crippen molar-refractivity contribution in [3.63, 3.8) is 0 Å². The molecule has 0 amide bonds. The van der Waals surface area contributed by atoms with Crippen molar-refractivity contribution in [3.05, 3.63) is 82.8 Å². The highest BCUT2D eigenvalue weighted by Gasteiger charge is 2.28. The molecule has 0 fully saturated rings. The number of methoxy groups -OCH3 is 2. The molecule has 0 heterocycles. The molecular formula is C21H20BrNO4S. The summed E-state index contributed by atoms with van der Waals surface area (Å²) in [6, 6.07) is 21.0. The van der Waals surface area contributed by atoms with Gasteiger partial charge >= 0.3 is 0 Å². The normalized spacial score (nSPS) is 11.1. The van der Waals surface area contributed by atoms with E-state index in [4.69, 9.17) is 9.47 Å². The van der Waals surface area contributed by atoms with Gasteiger partial charge in [0.25, 0.3) is 10.0 Å². The van der Waals surface area contributed by atoms with Crippen molar-refractivity contribution in [3.8, 4) is 11.5 Å². The average Bonchev–Trinajstić information content (AvgIpc) is 2.73. The van der Waals surface area contributed by atoms with Crippen LogP contribution in [0.5, 0.6) is 11.5 Å². The molecule has 28 heavy (non-hydrogen) atoms. The second-order valence-corrected chi connectivity index (χ2v) is 8.77. The molecule has 5 nitrogen and oxygen atoms in total. The number of nitrogens with zero attached hydrogens (tertiary/aromatic N) is 1. The van der Waals surface area contributed by atoms with E-state index >= 15 is 0 Å². The predicted molar refractivity (Wildman–Crippen MR) is 113 cm³/mol. The Labute approximate surface area is 173 Å². The van der Waals surface area contributed by atoms with E-state index in [0.717, 1.165) is 10.0 Å². The minimum Gasteiger partial charge on any atom is -0.497 e. The Bertz CT molecular complexity index is 1040. The van der Waals surface area contributed by atoms with Crippen molar-refractivity contribution in [2.75, 3.05) is 18.5 Å². The van der Waals surface area contributed by atoms with Crippen LogP contribution in [-0.2, 0) is 16.6 Å². The molecule has 3 aromatic rings. The Hall–Kier alpha value is -2.51. The van der Waals surface area contributed by atoms with E-state index in [-0.39, 0.29) is 11.4 Å². The van der Waals surface area contributed by atoms with Gasteiger partial charge in [0.1, 0.15) is 11.5 Å². The standard InChI is InChI=1S/C21H20BrNO4S/c1-26-18-12-13-21(27-2)20(14-18)23(15-16-8-10-17(22)11-9-16)28(24,25)19-6-4-3-5-7-19/h3-14H,15H2,1-2H3. The minimum atomic E-state index is -3.83. The zero-order valence-corrected chi connectivity index (χ0v) is 17.9. The lowest BCUT2D eigenvalue weighted by Crippen LogP contribution is -2.31. The highest BCUT2D eigenvalue weighted by Crippen LogP contribution is 2.36. The molecule has 0 aliphatic rings. The summed E-state index contributed by atoms with van der Waals surface area (Å²) in [5.74, 6) is 0.984. The maximum atomic E-state index is 13.5. The zero-order valence-electron chi connectivity index (χ0n) is 15.5. The highest BCUT2D eigenvalue weighted by atomic mass is 79.9. The topological polar surface area (TPSA) is 55.8 Å². The molecule has 0 bridgehead atoms. The summed E-state index contributed by atoms with van der Waals surface area (Å²) in [4.78, 5) is 0.206. The van der Waals surface area contributed by atoms with Crippen LogP contribution in [0.15, 0.2) is 82.2 Å². The maximum Gasteiger partial charge on any atom is 0.264 e. The summed E-state index contributed by atoms with van der Waals surface area (Å²) in [5.41, 5.74) is 1.25. The third-order valence-electron chi connectivity index (χ3n) is 4.23. The lowest BCUT2D eigenvalue weighted by Gasteiger charge is -2.26. The third kappa shape index (κ3) is 4.31. The number of ether oxygens (including phenoxy) is 2. The van der Waals surface area contributed by atoms with Gasteiger partial charge < -0.3 is 9.47 Å². The van der Waals surface area contributed by atoms with Crippen LogP contribution in [0.3, 0.4) is 0 Å². The molecule has 0 atom stereocenters. The quantitative estimate of drug-likeness (QED) is 0.503. The fourth-order valence-electron chi connectivity index (χ4n) is 2.77. The Morgan fingerprint density at radius 1 is 0.893 bits per heavy atom. The van der Waals surface area contributed by atoms with Gasteiger partial charge in [-0.1, -0.05) is 46.3 Å².